The third-order valence-corrected chi connectivity index (χ3v) is 4.20. The molecule has 0 bridgehead atoms. The Morgan fingerprint density at radius 1 is 1.47 bits per heavy atom. The zero-order valence-corrected chi connectivity index (χ0v) is 12.8. The van der Waals surface area contributed by atoms with Gasteiger partial charge in [-0.15, -0.1) is 0 Å². The zero-order chi connectivity index (χ0) is 14.0. The maximum atomic E-state index is 4.41. The first-order valence-electron chi connectivity index (χ1n) is 7.29. The van der Waals surface area contributed by atoms with E-state index in [4.69, 9.17) is 0 Å². The van der Waals surface area contributed by atoms with Crippen LogP contribution in [0.2, 0.25) is 0 Å². The first-order chi connectivity index (χ1) is 8.94. The number of nitrogens with zero attached hydrogens (tertiary/aromatic N) is 4. The van der Waals surface area contributed by atoms with Crippen LogP contribution < -0.4 is 5.32 Å². The molecule has 2 rings (SSSR count). The maximum Gasteiger partial charge on any atom is 0.141 e. The molecule has 0 aliphatic carbocycles. The van der Waals surface area contributed by atoms with E-state index in [1.54, 1.807) is 6.33 Å². The minimum atomic E-state index is 0.163. The van der Waals surface area contributed by atoms with Gasteiger partial charge in [0.25, 0.3) is 0 Å². The van der Waals surface area contributed by atoms with Crippen molar-refractivity contribution in [3.8, 4) is 0 Å². The minimum absolute atomic E-state index is 0.163. The molecule has 19 heavy (non-hydrogen) atoms. The molecule has 0 aromatic carbocycles. The Kier molecular flexibility index (Phi) is 4.26. The molecule has 108 valence electrons. The Morgan fingerprint density at radius 2 is 2.21 bits per heavy atom. The first kappa shape index (κ1) is 14.5. The largest absolute Gasteiger partial charge is 0.311 e. The Bertz CT molecular complexity index is 410. The van der Waals surface area contributed by atoms with E-state index in [1.165, 1.54) is 0 Å². The van der Waals surface area contributed by atoms with E-state index in [0.29, 0.717) is 12.0 Å². The summed E-state index contributed by atoms with van der Waals surface area (Å²) in [5.41, 5.74) is 0.163. The maximum absolute atomic E-state index is 4.41. The lowest BCUT2D eigenvalue weighted by atomic mass is 9.93. The van der Waals surface area contributed by atoms with Crippen LogP contribution in [0.3, 0.4) is 0 Å². The molecule has 1 aliphatic rings. The van der Waals surface area contributed by atoms with Crippen LogP contribution in [0.15, 0.2) is 6.33 Å². The highest BCUT2D eigenvalue weighted by atomic mass is 15.4. The molecule has 0 amide bonds. The molecule has 1 atom stereocenters. The van der Waals surface area contributed by atoms with Crippen LogP contribution in [-0.4, -0.2) is 44.3 Å². The van der Waals surface area contributed by atoms with Crippen molar-refractivity contribution in [3.05, 3.63) is 12.2 Å². The van der Waals surface area contributed by atoms with E-state index in [0.717, 1.165) is 32.0 Å². The fraction of sp³-hybridized carbons (Fsp3) is 0.857. The molecule has 1 aromatic heterocycles. The molecule has 1 N–H and O–H groups in total. The molecule has 1 saturated heterocycles. The van der Waals surface area contributed by atoms with Gasteiger partial charge in [0.2, 0.25) is 0 Å². The van der Waals surface area contributed by atoms with Crippen molar-refractivity contribution >= 4 is 0 Å². The van der Waals surface area contributed by atoms with Crippen molar-refractivity contribution < 1.29 is 0 Å². The molecular weight excluding hydrogens is 238 g/mol. The smallest absolute Gasteiger partial charge is 0.141 e. The second kappa shape index (κ2) is 5.59. The lowest BCUT2D eigenvalue weighted by Gasteiger charge is -2.47. The van der Waals surface area contributed by atoms with Crippen LogP contribution in [0.4, 0.5) is 0 Å². The predicted octanol–water partition coefficient (Wildman–Crippen LogP) is 1.51. The molecule has 0 spiro atoms. The molecule has 2 heterocycles. The van der Waals surface area contributed by atoms with E-state index in [9.17, 15) is 0 Å². The second-order valence-corrected chi connectivity index (χ2v) is 6.42. The van der Waals surface area contributed by atoms with Crippen LogP contribution >= 0.6 is 0 Å². The number of piperazine rings is 1. The Hall–Kier alpha value is -0.940. The highest BCUT2D eigenvalue weighted by Crippen LogP contribution is 2.23. The van der Waals surface area contributed by atoms with Gasteiger partial charge < -0.3 is 5.32 Å². The summed E-state index contributed by atoms with van der Waals surface area (Å²) in [6.07, 6.45) is 1.66. The number of aryl methyl sites for hydroxylation is 1. The van der Waals surface area contributed by atoms with Gasteiger partial charge in [-0.2, -0.15) is 5.10 Å². The van der Waals surface area contributed by atoms with E-state index < -0.39 is 0 Å². The van der Waals surface area contributed by atoms with Gasteiger partial charge in [0.1, 0.15) is 12.2 Å². The minimum Gasteiger partial charge on any atom is -0.311 e. The quantitative estimate of drug-likeness (QED) is 0.896. The standard InChI is InChI=1S/C14H27N5/c1-6-19-13(16-10-17-19)8-18-7-12(11(2)3)15-9-14(18,4)5/h10-12,15H,6-9H2,1-5H3. The number of hydrogen-bond acceptors (Lipinski definition) is 4. The van der Waals surface area contributed by atoms with Crippen LogP contribution in [0.1, 0.15) is 40.4 Å². The molecule has 0 saturated carbocycles. The van der Waals surface area contributed by atoms with Gasteiger partial charge in [0.05, 0.1) is 6.54 Å². The van der Waals surface area contributed by atoms with Crippen LogP contribution in [0.5, 0.6) is 0 Å². The van der Waals surface area contributed by atoms with E-state index in [-0.39, 0.29) is 5.54 Å². The SMILES string of the molecule is CCn1ncnc1CN1CC(C(C)C)NCC1(C)C. The summed E-state index contributed by atoms with van der Waals surface area (Å²) in [5, 5.41) is 7.93. The normalized spacial score (nSPS) is 24.0. The van der Waals surface area contributed by atoms with Gasteiger partial charge in [-0.3, -0.25) is 4.90 Å². The number of hydrogen-bond donors (Lipinski definition) is 1. The second-order valence-electron chi connectivity index (χ2n) is 6.42. The van der Waals surface area contributed by atoms with Crippen molar-refractivity contribution in [1.29, 1.82) is 0 Å². The van der Waals surface area contributed by atoms with Crippen molar-refractivity contribution in [2.75, 3.05) is 13.1 Å². The topological polar surface area (TPSA) is 46.0 Å². The highest BCUT2D eigenvalue weighted by molar-refractivity contribution is 4.97. The van der Waals surface area contributed by atoms with Crippen molar-refractivity contribution in [2.24, 2.45) is 5.92 Å². The van der Waals surface area contributed by atoms with Gasteiger partial charge in [0, 0.05) is 31.2 Å². The Labute approximate surface area is 116 Å². The molecule has 1 unspecified atom stereocenters. The van der Waals surface area contributed by atoms with Gasteiger partial charge in [0.15, 0.2) is 0 Å². The van der Waals surface area contributed by atoms with Gasteiger partial charge >= 0.3 is 0 Å². The van der Waals surface area contributed by atoms with Crippen LogP contribution in [-0.2, 0) is 13.1 Å². The summed E-state index contributed by atoms with van der Waals surface area (Å²) < 4.78 is 1.99. The summed E-state index contributed by atoms with van der Waals surface area (Å²) in [5.74, 6) is 1.72. The van der Waals surface area contributed by atoms with Crippen LogP contribution in [0, 0.1) is 5.92 Å². The summed E-state index contributed by atoms with van der Waals surface area (Å²) in [6.45, 7) is 15.1. The average Bonchev–Trinajstić information content (AvgIpc) is 2.78. The third kappa shape index (κ3) is 3.15. The molecule has 1 aromatic rings. The van der Waals surface area contributed by atoms with Gasteiger partial charge in [-0.25, -0.2) is 9.67 Å². The summed E-state index contributed by atoms with van der Waals surface area (Å²) in [7, 11) is 0. The lowest BCUT2D eigenvalue weighted by molar-refractivity contribution is 0.0440. The average molecular weight is 265 g/mol. The monoisotopic (exact) mass is 265 g/mol. The van der Waals surface area contributed by atoms with Crippen molar-refractivity contribution in [2.45, 2.75) is 59.3 Å². The molecule has 5 nitrogen and oxygen atoms in total. The number of nitrogens with one attached hydrogen (secondary N) is 1. The molecular formula is C14H27N5. The van der Waals surface area contributed by atoms with E-state index >= 15 is 0 Å². The lowest BCUT2D eigenvalue weighted by Crippen LogP contribution is -2.62. The molecule has 5 heteroatoms. The van der Waals surface area contributed by atoms with Gasteiger partial charge in [-0.1, -0.05) is 13.8 Å². The van der Waals surface area contributed by atoms with Crippen molar-refractivity contribution in [1.82, 2.24) is 25.0 Å². The molecule has 1 aliphatic heterocycles. The third-order valence-electron chi connectivity index (χ3n) is 4.20. The van der Waals surface area contributed by atoms with Crippen LogP contribution in [0.25, 0.3) is 0 Å². The predicted molar refractivity (Wildman–Crippen MR) is 76.8 cm³/mol. The number of rotatable bonds is 4. The summed E-state index contributed by atoms with van der Waals surface area (Å²) in [4.78, 5) is 6.94. The van der Waals surface area contributed by atoms with E-state index in [2.05, 4.69) is 54.9 Å². The van der Waals surface area contributed by atoms with E-state index in [1.807, 2.05) is 4.68 Å². The Balaban J connectivity index is 2.11. The highest BCUT2D eigenvalue weighted by Gasteiger charge is 2.35. The Morgan fingerprint density at radius 3 is 2.84 bits per heavy atom. The first-order valence-corrected chi connectivity index (χ1v) is 7.29. The fourth-order valence-electron chi connectivity index (χ4n) is 2.61. The fourth-order valence-corrected chi connectivity index (χ4v) is 2.61. The number of aromatic nitrogens is 3. The molecule has 1 fully saturated rings. The van der Waals surface area contributed by atoms with Crippen molar-refractivity contribution in [3.63, 3.8) is 0 Å². The van der Waals surface area contributed by atoms with Gasteiger partial charge in [-0.05, 0) is 26.7 Å². The zero-order valence-electron chi connectivity index (χ0n) is 12.8. The summed E-state index contributed by atoms with van der Waals surface area (Å²) >= 11 is 0. The summed E-state index contributed by atoms with van der Waals surface area (Å²) in [6, 6.07) is 0.561. The molecule has 0 radical (unpaired) electrons.